The molecule has 0 N–H and O–H groups in total. The summed E-state index contributed by atoms with van der Waals surface area (Å²) in [4.78, 5) is 8.98. The first-order chi connectivity index (χ1) is 4.73. The highest BCUT2D eigenvalue weighted by Gasteiger charge is 1.87. The van der Waals surface area contributed by atoms with Crippen molar-refractivity contribution in [1.82, 2.24) is 0 Å². The van der Waals surface area contributed by atoms with E-state index in [1.165, 1.54) is 25.7 Å². The summed E-state index contributed by atoms with van der Waals surface area (Å²) in [5.74, 6) is 0. The lowest BCUT2D eigenvalue weighted by Crippen LogP contribution is -1.77. The van der Waals surface area contributed by atoms with Crippen molar-refractivity contribution in [3.8, 4) is 0 Å². The first kappa shape index (κ1) is 9.99. The lowest BCUT2D eigenvalue weighted by molar-refractivity contribution is 0.275. The highest BCUT2D eigenvalue weighted by Crippen LogP contribution is 2.07. The Morgan fingerprint density at radius 3 is 1.50 bits per heavy atom. The van der Waals surface area contributed by atoms with Gasteiger partial charge in [0, 0.05) is 0 Å². The fourth-order valence-electron chi connectivity index (χ4n) is 0.760. The van der Waals surface area contributed by atoms with Crippen LogP contribution in [0.3, 0.4) is 0 Å². The van der Waals surface area contributed by atoms with E-state index in [0.717, 1.165) is 0 Å². The van der Waals surface area contributed by atoms with Crippen molar-refractivity contribution >= 4 is 27.9 Å². The fraction of sp³-hybridized carbons (Fsp3) is 0.571. The van der Waals surface area contributed by atoms with E-state index in [1.807, 2.05) is 0 Å². The molecule has 0 aromatic carbocycles. The molecule has 1 aliphatic rings. The maximum Gasteiger partial charge on any atom is 0.313 e. The van der Waals surface area contributed by atoms with Crippen LogP contribution < -0.4 is 0 Å². The smallest absolute Gasteiger partial charge is 0.262 e. The normalized spacial score (nSPS) is 15.4. The molecule has 0 saturated carbocycles. The SMILES string of the molecule is C1=CCCCC1.O=C(Cl)Cl. The average Bonchev–Trinajstić information content (AvgIpc) is 1.90. The van der Waals surface area contributed by atoms with Gasteiger partial charge in [0.1, 0.15) is 0 Å². The highest BCUT2D eigenvalue weighted by atomic mass is 35.5. The number of halogens is 2. The lowest BCUT2D eigenvalue weighted by atomic mass is 10.1. The number of hydrogen-bond donors (Lipinski definition) is 0. The molecule has 0 heterocycles. The van der Waals surface area contributed by atoms with Crippen LogP contribution in [0.15, 0.2) is 12.2 Å². The van der Waals surface area contributed by atoms with E-state index in [9.17, 15) is 0 Å². The number of hydrogen-bond acceptors (Lipinski definition) is 1. The standard InChI is InChI=1S/C6H10.CCl2O/c1-2-4-6-5-3-1;2-1(3)4/h1-2H,3-6H2;. The first-order valence-corrected chi connectivity index (χ1v) is 3.99. The van der Waals surface area contributed by atoms with Crippen molar-refractivity contribution in [1.29, 1.82) is 0 Å². The van der Waals surface area contributed by atoms with E-state index in [1.54, 1.807) is 0 Å². The van der Waals surface area contributed by atoms with Crippen molar-refractivity contribution in [2.75, 3.05) is 0 Å². The van der Waals surface area contributed by atoms with Crippen LogP contribution in [0.1, 0.15) is 25.7 Å². The predicted molar refractivity (Wildman–Crippen MR) is 44.7 cm³/mol. The van der Waals surface area contributed by atoms with Crippen molar-refractivity contribution < 1.29 is 4.79 Å². The molecule has 0 spiro atoms. The molecule has 1 rings (SSSR count). The van der Waals surface area contributed by atoms with Gasteiger partial charge >= 0.3 is 4.70 Å². The molecular weight excluding hydrogens is 171 g/mol. The van der Waals surface area contributed by atoms with Gasteiger partial charge < -0.3 is 0 Å². The summed E-state index contributed by atoms with van der Waals surface area (Å²) in [6, 6.07) is 0. The Morgan fingerprint density at radius 2 is 1.40 bits per heavy atom. The molecule has 0 aromatic heterocycles. The zero-order valence-corrected chi connectivity index (χ0v) is 7.16. The molecule has 0 fully saturated rings. The van der Waals surface area contributed by atoms with Gasteiger partial charge in [0.25, 0.3) is 0 Å². The third-order valence-electron chi connectivity index (χ3n) is 1.16. The van der Waals surface area contributed by atoms with Gasteiger partial charge in [-0.1, -0.05) is 12.2 Å². The Kier molecular flexibility index (Phi) is 7.09. The molecule has 1 nitrogen and oxygen atoms in total. The van der Waals surface area contributed by atoms with Gasteiger partial charge in [-0.25, -0.2) is 0 Å². The zero-order chi connectivity index (χ0) is 7.82. The quantitative estimate of drug-likeness (QED) is 0.411. The van der Waals surface area contributed by atoms with Crippen LogP contribution in [0.2, 0.25) is 0 Å². The topological polar surface area (TPSA) is 17.1 Å². The van der Waals surface area contributed by atoms with Gasteiger partial charge in [-0.15, -0.1) is 0 Å². The summed E-state index contributed by atoms with van der Waals surface area (Å²) >= 11 is 8.80. The molecule has 58 valence electrons. The van der Waals surface area contributed by atoms with Crippen LogP contribution in [0.5, 0.6) is 0 Å². The van der Waals surface area contributed by atoms with Crippen molar-refractivity contribution in [3.05, 3.63) is 12.2 Å². The van der Waals surface area contributed by atoms with E-state index in [4.69, 9.17) is 4.79 Å². The molecule has 1 aliphatic carbocycles. The molecule has 0 radical (unpaired) electrons. The molecule has 0 amide bonds. The van der Waals surface area contributed by atoms with Crippen LogP contribution in [0.25, 0.3) is 0 Å². The maximum atomic E-state index is 8.98. The summed E-state index contributed by atoms with van der Waals surface area (Å²) in [6.07, 6.45) is 10.0. The average molecular weight is 181 g/mol. The van der Waals surface area contributed by atoms with Crippen LogP contribution in [-0.4, -0.2) is 4.70 Å². The fourth-order valence-corrected chi connectivity index (χ4v) is 0.760. The third kappa shape index (κ3) is 10.9. The number of allylic oxidation sites excluding steroid dienone is 2. The highest BCUT2D eigenvalue weighted by molar-refractivity contribution is 6.93. The number of carbonyl (C=O) groups excluding carboxylic acids is 1. The Morgan fingerprint density at radius 1 is 1.10 bits per heavy atom. The summed E-state index contributed by atoms with van der Waals surface area (Å²) in [7, 11) is 0. The minimum atomic E-state index is -0.889. The Labute approximate surface area is 71.0 Å². The molecule has 0 saturated heterocycles. The molecular formula is C7H10Cl2O. The first-order valence-electron chi connectivity index (χ1n) is 3.23. The van der Waals surface area contributed by atoms with Gasteiger partial charge in [0.2, 0.25) is 0 Å². The van der Waals surface area contributed by atoms with Crippen molar-refractivity contribution in [2.45, 2.75) is 25.7 Å². The minimum Gasteiger partial charge on any atom is -0.262 e. The van der Waals surface area contributed by atoms with Crippen LogP contribution in [0, 0.1) is 0 Å². The number of carbonyl (C=O) groups is 1. The van der Waals surface area contributed by atoms with Crippen molar-refractivity contribution in [2.24, 2.45) is 0 Å². The Balaban J connectivity index is 0.000000180. The molecule has 0 bridgehead atoms. The summed E-state index contributed by atoms with van der Waals surface area (Å²) in [6.45, 7) is 0. The monoisotopic (exact) mass is 180 g/mol. The second kappa shape index (κ2) is 7.10. The Hall–Kier alpha value is -0.0100. The molecule has 3 heteroatoms. The van der Waals surface area contributed by atoms with Gasteiger partial charge in [-0.3, -0.25) is 4.79 Å². The maximum absolute atomic E-state index is 8.98. The van der Waals surface area contributed by atoms with Gasteiger partial charge in [-0.2, -0.15) is 0 Å². The molecule has 0 aliphatic heterocycles. The van der Waals surface area contributed by atoms with E-state index in [-0.39, 0.29) is 0 Å². The second-order valence-electron chi connectivity index (χ2n) is 1.98. The van der Waals surface area contributed by atoms with Gasteiger partial charge in [-0.05, 0) is 48.9 Å². The molecule has 0 unspecified atom stereocenters. The van der Waals surface area contributed by atoms with E-state index in [0.29, 0.717) is 0 Å². The summed E-state index contributed by atoms with van der Waals surface area (Å²) in [5, 5.41) is 0. The molecule has 0 aromatic rings. The lowest BCUT2D eigenvalue weighted by Gasteiger charge is -1.97. The molecule has 0 atom stereocenters. The van der Waals surface area contributed by atoms with Crippen LogP contribution in [0.4, 0.5) is 4.79 Å². The van der Waals surface area contributed by atoms with E-state index >= 15 is 0 Å². The zero-order valence-electron chi connectivity index (χ0n) is 5.65. The predicted octanol–water partition coefficient (Wildman–Crippen LogP) is 3.70. The third-order valence-corrected chi connectivity index (χ3v) is 1.16. The van der Waals surface area contributed by atoms with E-state index < -0.39 is 4.70 Å². The van der Waals surface area contributed by atoms with Gasteiger partial charge in [0.15, 0.2) is 0 Å². The second-order valence-corrected chi connectivity index (χ2v) is 2.86. The van der Waals surface area contributed by atoms with Crippen molar-refractivity contribution in [3.63, 3.8) is 0 Å². The Bertz CT molecular complexity index is 109. The molecule has 10 heavy (non-hydrogen) atoms. The van der Waals surface area contributed by atoms with Gasteiger partial charge in [0.05, 0.1) is 0 Å². The van der Waals surface area contributed by atoms with E-state index in [2.05, 4.69) is 35.4 Å². The minimum absolute atomic E-state index is 0.889. The van der Waals surface area contributed by atoms with Crippen LogP contribution >= 0.6 is 23.2 Å². The van der Waals surface area contributed by atoms with Crippen LogP contribution in [-0.2, 0) is 0 Å². The largest absolute Gasteiger partial charge is 0.313 e. The number of rotatable bonds is 0. The summed E-state index contributed by atoms with van der Waals surface area (Å²) in [5.41, 5.74) is 0. The summed E-state index contributed by atoms with van der Waals surface area (Å²) < 4.78 is -0.889.